The minimum Gasteiger partial charge on any atom is -0.311 e. The Kier molecular flexibility index (Phi) is 20.4. The predicted molar refractivity (Wildman–Crippen MR) is 590 cm³/mol. The van der Waals surface area contributed by atoms with Gasteiger partial charge in [0.1, 0.15) is 0 Å². The van der Waals surface area contributed by atoms with Gasteiger partial charge >= 0.3 is 0 Å². The number of aryl methyl sites for hydroxylation is 1. The molecule has 0 radical (unpaired) electrons. The lowest BCUT2D eigenvalue weighted by molar-refractivity contribution is 0.590. The first kappa shape index (κ1) is 88.3. The normalized spacial score (nSPS) is 14.5. The first-order chi connectivity index (χ1) is 63.3. The van der Waals surface area contributed by atoms with Crippen LogP contribution < -0.4 is 88.9 Å². The summed E-state index contributed by atoms with van der Waals surface area (Å²) in [6, 6.07) is 124. The van der Waals surface area contributed by atoms with Crippen molar-refractivity contribution < 1.29 is 0 Å². The van der Waals surface area contributed by atoms with E-state index >= 15 is 0 Å². The highest BCUT2D eigenvalue weighted by Crippen LogP contribution is 2.54. The molecule has 6 nitrogen and oxygen atoms in total. The molecule has 0 aliphatic carbocycles. The van der Waals surface area contributed by atoms with E-state index in [0.29, 0.717) is 0 Å². The van der Waals surface area contributed by atoms with Gasteiger partial charge in [-0.05, 0) is 291 Å². The van der Waals surface area contributed by atoms with Crippen molar-refractivity contribution in [2.24, 2.45) is 0 Å². The molecule has 11 heteroatoms. The number of rotatable bonds is 11. The Balaban J connectivity index is 0.855. The van der Waals surface area contributed by atoms with Crippen molar-refractivity contribution >= 4 is 198 Å². The zero-order valence-electron chi connectivity index (χ0n) is 83.9. The van der Waals surface area contributed by atoms with E-state index < -0.39 is 21.6 Å². The van der Waals surface area contributed by atoms with E-state index in [0.717, 1.165) is 34.1 Å². The Bertz CT molecular complexity index is 6950. The van der Waals surface area contributed by atoms with Crippen molar-refractivity contribution in [1.82, 2.24) is 0 Å². The molecule has 0 atom stereocenters. The summed E-state index contributed by atoms with van der Waals surface area (Å²) in [6.07, 6.45) is 0. The van der Waals surface area contributed by atoms with Gasteiger partial charge in [-0.2, -0.15) is 0 Å². The Labute approximate surface area is 802 Å². The molecule has 0 aromatic heterocycles. The molecule has 21 rings (SSSR count). The van der Waals surface area contributed by atoms with Gasteiger partial charge < -0.3 is 29.4 Å². The molecular formula is C123H129B3N6Si2. The van der Waals surface area contributed by atoms with Gasteiger partial charge in [0.05, 0.1) is 16.1 Å². The molecule has 0 amide bonds. The van der Waals surface area contributed by atoms with Crippen LogP contribution in [0.5, 0.6) is 0 Å². The van der Waals surface area contributed by atoms with E-state index in [-0.39, 0.29) is 52.6 Å². The van der Waals surface area contributed by atoms with Gasteiger partial charge in [0.2, 0.25) is 0 Å². The van der Waals surface area contributed by atoms with Crippen LogP contribution in [0.25, 0.3) is 0 Å². The van der Waals surface area contributed by atoms with E-state index in [1.807, 2.05) is 0 Å². The van der Waals surface area contributed by atoms with Gasteiger partial charge in [-0.3, -0.25) is 0 Å². The molecule has 0 saturated carbocycles. The number of benzene rings is 15. The number of nitrogens with zero attached hydrogens (tertiary/aromatic N) is 6. The second kappa shape index (κ2) is 30.9. The van der Waals surface area contributed by atoms with Crippen molar-refractivity contribution in [1.29, 1.82) is 0 Å². The molecule has 15 aromatic rings. The van der Waals surface area contributed by atoms with Crippen LogP contribution >= 0.6 is 0 Å². The third-order valence-electron chi connectivity index (χ3n) is 30.6. The summed E-state index contributed by atoms with van der Waals surface area (Å²) in [4.78, 5) is 15.7. The SMILES string of the molecule is Cc1ccc(N2c3cc(C(C)(c4ccc5c(c4)N(c4ccc([Si](C)(C)C)cc4)c4cccc6c4B5c4cc(C(C)(C)C)ccc4N6c4ccc(C(C)(C)C)cc4)c4ccc5c(c4)N(c4ccc([Si](C)(C)C)cc4)c4cccc6c4B5c4cc(C(C)(C)C)ccc4N6c4ccc(C(C)(C)C)cc4)ccc3B3c4cc(C(C)(C)C)ccc4N(c4ccc(C(C)(C)C)cc4)c4cccc2c43)cc1. The molecule has 6 heterocycles. The zero-order chi connectivity index (χ0) is 94.3. The van der Waals surface area contributed by atoms with Crippen LogP contribution in [-0.4, -0.2) is 36.3 Å². The number of hydrogen-bond acceptors (Lipinski definition) is 6. The maximum absolute atomic E-state index is 2.67. The maximum atomic E-state index is 2.67. The fourth-order valence-corrected chi connectivity index (χ4v) is 24.9. The Morgan fingerprint density at radius 2 is 0.388 bits per heavy atom. The molecule has 6 aliphatic heterocycles. The van der Waals surface area contributed by atoms with Crippen molar-refractivity contribution in [3.63, 3.8) is 0 Å². The summed E-state index contributed by atoms with van der Waals surface area (Å²) in [7, 11) is -3.55. The second-order valence-electron chi connectivity index (χ2n) is 47.8. The largest absolute Gasteiger partial charge is 0.311 e. The Morgan fingerprint density at radius 3 is 0.612 bits per heavy atom. The second-order valence-corrected chi connectivity index (χ2v) is 57.9. The van der Waals surface area contributed by atoms with Crippen LogP contribution in [0.3, 0.4) is 0 Å². The summed E-state index contributed by atoms with van der Waals surface area (Å²) < 4.78 is 0. The zero-order valence-corrected chi connectivity index (χ0v) is 85.9. The highest BCUT2D eigenvalue weighted by molar-refractivity contribution is 7.02. The third-order valence-corrected chi connectivity index (χ3v) is 34.7. The molecule has 15 aromatic carbocycles. The number of fused-ring (bicyclic) bond motifs is 12. The summed E-state index contributed by atoms with van der Waals surface area (Å²) in [6.45, 7) is 61.5. The van der Waals surface area contributed by atoms with Gasteiger partial charge in [0, 0.05) is 108 Å². The predicted octanol–water partition coefficient (Wildman–Crippen LogP) is 26.5. The van der Waals surface area contributed by atoms with Crippen LogP contribution in [0, 0.1) is 6.92 Å². The fraction of sp³-hybridized carbons (Fsp3) is 0.268. The lowest BCUT2D eigenvalue weighted by Crippen LogP contribution is -2.61. The van der Waals surface area contributed by atoms with Crippen molar-refractivity contribution in [3.8, 4) is 0 Å². The highest BCUT2D eigenvalue weighted by Gasteiger charge is 2.51. The van der Waals surface area contributed by atoms with E-state index in [4.69, 9.17) is 0 Å². The van der Waals surface area contributed by atoms with Crippen molar-refractivity contribution in [2.75, 3.05) is 29.4 Å². The summed E-state index contributed by atoms with van der Waals surface area (Å²) in [5.41, 5.74) is 44.3. The molecule has 134 heavy (non-hydrogen) atoms. The van der Waals surface area contributed by atoms with E-state index in [1.165, 1.54) is 183 Å². The minimum absolute atomic E-state index is 0.0112. The van der Waals surface area contributed by atoms with Crippen LogP contribution in [0.4, 0.5) is 102 Å². The lowest BCUT2D eigenvalue weighted by Gasteiger charge is -2.46. The quantitative estimate of drug-likeness (QED) is 0.0943. The minimum atomic E-state index is -1.78. The number of anilines is 18. The van der Waals surface area contributed by atoms with Gasteiger partial charge in [-0.1, -0.05) is 344 Å². The number of hydrogen-bond donors (Lipinski definition) is 0. The summed E-state index contributed by atoms with van der Waals surface area (Å²) in [5.74, 6) is 0. The van der Waals surface area contributed by atoms with E-state index in [9.17, 15) is 0 Å². The molecule has 0 spiro atoms. The average Bonchev–Trinajstić information content (AvgIpc) is 0.697. The van der Waals surface area contributed by atoms with Crippen LogP contribution in [0.2, 0.25) is 39.3 Å². The highest BCUT2D eigenvalue weighted by atomic mass is 28.3. The average molecular weight is 1780 g/mol. The molecule has 0 N–H and O–H groups in total. The summed E-state index contributed by atoms with van der Waals surface area (Å²) in [5, 5.41) is 2.87. The molecule has 0 saturated heterocycles. The van der Waals surface area contributed by atoms with Gasteiger partial charge in [0.15, 0.2) is 0 Å². The van der Waals surface area contributed by atoms with Gasteiger partial charge in [-0.25, -0.2) is 0 Å². The first-order valence-electron chi connectivity index (χ1n) is 49.0. The molecule has 0 unspecified atom stereocenters. The molecule has 0 bridgehead atoms. The fourth-order valence-electron chi connectivity index (χ4n) is 22.6. The first-order valence-corrected chi connectivity index (χ1v) is 56.0. The van der Waals surface area contributed by atoms with Crippen LogP contribution in [0.15, 0.2) is 309 Å². The van der Waals surface area contributed by atoms with E-state index in [2.05, 4.69) is 517 Å². The molecular weight excluding hydrogens is 1650 g/mol. The van der Waals surface area contributed by atoms with Crippen LogP contribution in [0.1, 0.15) is 187 Å². The summed E-state index contributed by atoms with van der Waals surface area (Å²) >= 11 is 0. The smallest absolute Gasteiger partial charge is 0.252 e. The van der Waals surface area contributed by atoms with Crippen molar-refractivity contribution in [2.45, 2.75) is 216 Å². The third kappa shape index (κ3) is 14.5. The molecule has 6 aliphatic rings. The molecule has 0 fully saturated rings. The van der Waals surface area contributed by atoms with Gasteiger partial charge in [-0.15, -0.1) is 0 Å². The van der Waals surface area contributed by atoms with Crippen LogP contribution in [-0.2, 0) is 37.9 Å². The Morgan fingerprint density at radius 1 is 0.187 bits per heavy atom. The standard InChI is InChI=1S/C123H129B3N6Si2/c1-78-36-50-88(51-37-78)130-108-33-27-30-105-114(108)124(99-72-82(120(11,12)13)47-69-102(99)127(105)89-52-38-79(39-53-89)117(2,3)4)96-66-44-85(75-111(96)130)123(20,86-45-67-97-112(76-86)131(92-58-62-94(63-59-92)133(21,22)23)109-34-28-31-106-115(109)125(97)100-73-83(121(14,15)16)48-70-103(100)128(106)90-54-40-80(41-55-90)118(5,6)7)87-46-68-98-113(77-87)132(93-60-64-95(65-61-93)134(24,25)26)110-35-29-32-107-116(110)126(98)101-74-84(122(17,18)19)49-71-104(101)129(107)91-56-42-81(43-57-91)119(8,9)10/h27-77H,1-26H3. The lowest BCUT2D eigenvalue weighted by atomic mass is 9.33. The van der Waals surface area contributed by atoms with Crippen molar-refractivity contribution in [3.05, 3.63) is 365 Å². The van der Waals surface area contributed by atoms with Gasteiger partial charge in [0.25, 0.3) is 20.1 Å². The monoisotopic (exact) mass is 1780 g/mol. The maximum Gasteiger partial charge on any atom is 0.252 e. The molecule has 668 valence electrons. The van der Waals surface area contributed by atoms with E-state index in [1.54, 1.807) is 0 Å². The Hall–Kier alpha value is -12.3. The topological polar surface area (TPSA) is 19.4 Å².